The maximum atomic E-state index is 5.72. The molecule has 1 saturated heterocycles. The van der Waals surface area contributed by atoms with Crippen LogP contribution in [0.2, 0.25) is 0 Å². The van der Waals surface area contributed by atoms with Crippen LogP contribution in [0.5, 0.6) is 0 Å². The van der Waals surface area contributed by atoms with Crippen molar-refractivity contribution in [2.45, 2.75) is 6.10 Å². The van der Waals surface area contributed by atoms with Gasteiger partial charge in [-0.2, -0.15) is 0 Å². The number of aromatic nitrogens is 2. The third-order valence-corrected chi connectivity index (χ3v) is 2.79. The van der Waals surface area contributed by atoms with Gasteiger partial charge in [0, 0.05) is 48.1 Å². The average molecular weight is 203 g/mol. The fraction of sp³-hybridized carbons (Fsp3) is 0.364. The molecule has 0 spiro atoms. The molecule has 0 bridgehead atoms. The monoisotopic (exact) mass is 203 g/mol. The molecule has 2 aromatic rings. The standard InChI is InChI=1S/C11H13N3O/c1-2-12-5-8-9(6-14-10(1)8)11-7-13-3-4-15-11/h1-2,5-6,11,13-14H,3-4,7H2. The summed E-state index contributed by atoms with van der Waals surface area (Å²) in [7, 11) is 0. The van der Waals surface area contributed by atoms with Crippen LogP contribution in [0.4, 0.5) is 0 Å². The SMILES string of the molecule is c1cc2[nH]cc(C3CNCCO3)c2cn1. The number of hydrogen-bond donors (Lipinski definition) is 2. The molecule has 15 heavy (non-hydrogen) atoms. The lowest BCUT2D eigenvalue weighted by molar-refractivity contribution is 0.0286. The van der Waals surface area contributed by atoms with Gasteiger partial charge in [-0.05, 0) is 6.07 Å². The molecular formula is C11H13N3O. The van der Waals surface area contributed by atoms with Crippen LogP contribution in [0.15, 0.2) is 24.7 Å². The Kier molecular flexibility index (Phi) is 2.16. The van der Waals surface area contributed by atoms with E-state index < -0.39 is 0 Å². The Balaban J connectivity index is 2.02. The number of hydrogen-bond acceptors (Lipinski definition) is 3. The van der Waals surface area contributed by atoms with Gasteiger partial charge in [0.2, 0.25) is 0 Å². The molecule has 0 saturated carbocycles. The van der Waals surface area contributed by atoms with Crippen LogP contribution in [-0.2, 0) is 4.74 Å². The predicted octanol–water partition coefficient (Wildman–Crippen LogP) is 1.22. The summed E-state index contributed by atoms with van der Waals surface area (Å²) in [6.45, 7) is 2.59. The molecule has 2 aromatic heterocycles. The smallest absolute Gasteiger partial charge is 0.0970 e. The number of ether oxygens (including phenoxy) is 1. The Morgan fingerprint density at radius 2 is 2.47 bits per heavy atom. The Labute approximate surface area is 87.7 Å². The molecule has 78 valence electrons. The fourth-order valence-electron chi connectivity index (χ4n) is 2.02. The average Bonchev–Trinajstić information content (AvgIpc) is 2.74. The van der Waals surface area contributed by atoms with Crippen LogP contribution < -0.4 is 5.32 Å². The Morgan fingerprint density at radius 3 is 3.33 bits per heavy atom. The zero-order valence-electron chi connectivity index (χ0n) is 8.36. The van der Waals surface area contributed by atoms with Crippen molar-refractivity contribution in [2.75, 3.05) is 19.7 Å². The van der Waals surface area contributed by atoms with Crippen LogP contribution >= 0.6 is 0 Å². The van der Waals surface area contributed by atoms with Gasteiger partial charge < -0.3 is 15.0 Å². The van der Waals surface area contributed by atoms with E-state index in [0.717, 1.165) is 30.6 Å². The molecule has 1 unspecified atom stereocenters. The molecule has 0 aromatic carbocycles. The zero-order chi connectivity index (χ0) is 10.1. The van der Waals surface area contributed by atoms with Crippen LogP contribution in [0.1, 0.15) is 11.7 Å². The van der Waals surface area contributed by atoms with Gasteiger partial charge >= 0.3 is 0 Å². The first-order chi connectivity index (χ1) is 7.45. The van der Waals surface area contributed by atoms with Crippen LogP contribution in [0.25, 0.3) is 10.9 Å². The maximum Gasteiger partial charge on any atom is 0.0970 e. The van der Waals surface area contributed by atoms with Gasteiger partial charge in [0.25, 0.3) is 0 Å². The van der Waals surface area contributed by atoms with Crippen molar-refractivity contribution in [3.63, 3.8) is 0 Å². The summed E-state index contributed by atoms with van der Waals surface area (Å²) in [4.78, 5) is 7.38. The van der Waals surface area contributed by atoms with E-state index in [1.807, 2.05) is 18.5 Å². The minimum absolute atomic E-state index is 0.150. The molecule has 0 aliphatic carbocycles. The molecule has 1 fully saturated rings. The van der Waals surface area contributed by atoms with Crippen LogP contribution in [-0.4, -0.2) is 29.7 Å². The van der Waals surface area contributed by atoms with Gasteiger partial charge in [-0.15, -0.1) is 0 Å². The molecular weight excluding hydrogens is 190 g/mol. The zero-order valence-corrected chi connectivity index (χ0v) is 8.36. The third kappa shape index (κ3) is 1.52. The lowest BCUT2D eigenvalue weighted by Crippen LogP contribution is -2.33. The van der Waals surface area contributed by atoms with E-state index in [0.29, 0.717) is 0 Å². The third-order valence-electron chi connectivity index (χ3n) is 2.79. The molecule has 4 nitrogen and oxygen atoms in total. The van der Waals surface area contributed by atoms with E-state index in [4.69, 9.17) is 4.74 Å². The molecule has 3 rings (SSSR count). The molecule has 2 N–H and O–H groups in total. The summed E-state index contributed by atoms with van der Waals surface area (Å²) in [6.07, 6.45) is 5.85. The lowest BCUT2D eigenvalue weighted by atomic mass is 10.1. The number of fused-ring (bicyclic) bond motifs is 1. The van der Waals surface area contributed by atoms with Gasteiger partial charge in [0.15, 0.2) is 0 Å². The van der Waals surface area contributed by atoms with E-state index in [9.17, 15) is 0 Å². The molecule has 0 radical (unpaired) electrons. The van der Waals surface area contributed by atoms with Crippen molar-refractivity contribution in [3.8, 4) is 0 Å². The van der Waals surface area contributed by atoms with Crippen molar-refractivity contribution in [2.24, 2.45) is 0 Å². The number of aromatic amines is 1. The molecule has 1 aliphatic rings. The lowest BCUT2D eigenvalue weighted by Gasteiger charge is -2.23. The quantitative estimate of drug-likeness (QED) is 0.732. The van der Waals surface area contributed by atoms with E-state index >= 15 is 0 Å². The highest BCUT2D eigenvalue weighted by Crippen LogP contribution is 2.26. The fourth-order valence-corrected chi connectivity index (χ4v) is 2.02. The highest BCUT2D eigenvalue weighted by molar-refractivity contribution is 5.82. The summed E-state index contributed by atoms with van der Waals surface area (Å²) >= 11 is 0. The van der Waals surface area contributed by atoms with Crippen molar-refractivity contribution in [3.05, 3.63) is 30.2 Å². The van der Waals surface area contributed by atoms with E-state index in [-0.39, 0.29) is 6.10 Å². The number of pyridine rings is 1. The van der Waals surface area contributed by atoms with Gasteiger partial charge in [0.05, 0.1) is 12.7 Å². The Hall–Kier alpha value is -1.39. The summed E-state index contributed by atoms with van der Waals surface area (Å²) in [5.74, 6) is 0. The topological polar surface area (TPSA) is 49.9 Å². The first kappa shape index (κ1) is 8.88. The number of nitrogens with one attached hydrogen (secondary N) is 2. The number of rotatable bonds is 1. The number of nitrogens with zero attached hydrogens (tertiary/aromatic N) is 1. The minimum Gasteiger partial charge on any atom is -0.371 e. The normalized spacial score (nSPS) is 22.0. The Bertz CT molecular complexity index is 460. The maximum absolute atomic E-state index is 5.72. The highest BCUT2D eigenvalue weighted by Gasteiger charge is 2.18. The van der Waals surface area contributed by atoms with Crippen molar-refractivity contribution in [1.29, 1.82) is 0 Å². The summed E-state index contributed by atoms with van der Waals surface area (Å²) < 4.78 is 5.72. The molecule has 1 atom stereocenters. The van der Waals surface area contributed by atoms with Crippen molar-refractivity contribution in [1.82, 2.24) is 15.3 Å². The summed E-state index contributed by atoms with van der Waals surface area (Å²) in [6, 6.07) is 1.98. The second-order valence-electron chi connectivity index (χ2n) is 3.73. The van der Waals surface area contributed by atoms with E-state index in [1.165, 1.54) is 5.56 Å². The summed E-state index contributed by atoms with van der Waals surface area (Å²) in [5.41, 5.74) is 2.32. The first-order valence-corrected chi connectivity index (χ1v) is 5.18. The van der Waals surface area contributed by atoms with E-state index in [1.54, 1.807) is 6.20 Å². The van der Waals surface area contributed by atoms with Gasteiger partial charge in [0.1, 0.15) is 0 Å². The largest absolute Gasteiger partial charge is 0.371 e. The molecule has 4 heteroatoms. The van der Waals surface area contributed by atoms with Gasteiger partial charge in [-0.1, -0.05) is 0 Å². The molecule has 0 amide bonds. The first-order valence-electron chi connectivity index (χ1n) is 5.18. The second-order valence-corrected chi connectivity index (χ2v) is 3.73. The van der Waals surface area contributed by atoms with Gasteiger partial charge in [-0.3, -0.25) is 4.98 Å². The van der Waals surface area contributed by atoms with Crippen LogP contribution in [0, 0.1) is 0 Å². The number of H-pyrrole nitrogens is 1. The molecule has 3 heterocycles. The molecule has 1 aliphatic heterocycles. The van der Waals surface area contributed by atoms with E-state index in [2.05, 4.69) is 15.3 Å². The highest BCUT2D eigenvalue weighted by atomic mass is 16.5. The van der Waals surface area contributed by atoms with Crippen molar-refractivity contribution < 1.29 is 4.74 Å². The summed E-state index contributed by atoms with van der Waals surface area (Å²) in [5, 5.41) is 4.49. The van der Waals surface area contributed by atoms with Gasteiger partial charge in [-0.25, -0.2) is 0 Å². The van der Waals surface area contributed by atoms with Crippen LogP contribution in [0.3, 0.4) is 0 Å². The predicted molar refractivity (Wildman–Crippen MR) is 57.7 cm³/mol. The van der Waals surface area contributed by atoms with Crippen molar-refractivity contribution >= 4 is 10.9 Å². The Morgan fingerprint density at radius 1 is 1.47 bits per heavy atom. The second kappa shape index (κ2) is 3.64. The number of morpholine rings is 1. The minimum atomic E-state index is 0.150.